The van der Waals surface area contributed by atoms with Gasteiger partial charge in [0, 0.05) is 11.3 Å². The molecule has 1 N–H and O–H groups in total. The predicted molar refractivity (Wildman–Crippen MR) is 73.7 cm³/mol. The third-order valence-corrected chi connectivity index (χ3v) is 2.63. The van der Waals surface area contributed by atoms with Crippen LogP contribution in [0.3, 0.4) is 0 Å². The van der Waals surface area contributed by atoms with Crippen molar-refractivity contribution in [2.75, 3.05) is 7.11 Å². The summed E-state index contributed by atoms with van der Waals surface area (Å²) in [5, 5.41) is 8.68. The number of ether oxygens (including phenoxy) is 1. The number of aromatic amines is 1. The molecule has 2 rings (SSSR count). The molecule has 1 aromatic carbocycles. The Morgan fingerprint density at radius 1 is 1.21 bits per heavy atom. The van der Waals surface area contributed by atoms with Gasteiger partial charge in [-0.3, -0.25) is 4.79 Å². The average Bonchev–Trinajstić information content (AvgIpc) is 2.45. The molecule has 0 amide bonds. The van der Waals surface area contributed by atoms with E-state index in [4.69, 9.17) is 10.00 Å². The van der Waals surface area contributed by atoms with Crippen molar-refractivity contribution in [2.24, 2.45) is 0 Å². The minimum atomic E-state index is -0.385. The van der Waals surface area contributed by atoms with Crippen molar-refractivity contribution >= 4 is 12.2 Å². The number of H-pyrrole nitrogens is 1. The molecule has 2 aromatic rings. The maximum Gasteiger partial charge on any atom is 0.266 e. The zero-order chi connectivity index (χ0) is 13.7. The van der Waals surface area contributed by atoms with E-state index in [2.05, 4.69) is 4.98 Å². The molecular weight excluding hydrogens is 240 g/mol. The van der Waals surface area contributed by atoms with Crippen LogP contribution in [0.2, 0.25) is 0 Å². The molecule has 4 heteroatoms. The van der Waals surface area contributed by atoms with Gasteiger partial charge in [0.2, 0.25) is 0 Å². The van der Waals surface area contributed by atoms with Crippen molar-refractivity contribution in [3.63, 3.8) is 0 Å². The summed E-state index contributed by atoms with van der Waals surface area (Å²) in [5.41, 5.74) is 1.27. The lowest BCUT2D eigenvalue weighted by Gasteiger charge is -2.03. The van der Waals surface area contributed by atoms with Crippen LogP contribution < -0.4 is 10.3 Å². The Morgan fingerprint density at radius 3 is 2.68 bits per heavy atom. The highest BCUT2D eigenvalue weighted by Gasteiger charge is 1.99. The fourth-order valence-corrected chi connectivity index (χ4v) is 1.66. The molecule has 0 saturated carbocycles. The van der Waals surface area contributed by atoms with Crippen molar-refractivity contribution in [3.8, 4) is 11.8 Å². The SMILES string of the molecule is COc1ccccc1/C=C/c1ccc(C#N)c(=O)[nH]1. The second kappa shape index (κ2) is 5.69. The van der Waals surface area contributed by atoms with Crippen molar-refractivity contribution in [2.45, 2.75) is 0 Å². The minimum Gasteiger partial charge on any atom is -0.496 e. The molecule has 0 spiro atoms. The quantitative estimate of drug-likeness (QED) is 0.912. The fourth-order valence-electron chi connectivity index (χ4n) is 1.66. The second-order valence-corrected chi connectivity index (χ2v) is 3.84. The monoisotopic (exact) mass is 252 g/mol. The first kappa shape index (κ1) is 12.7. The summed E-state index contributed by atoms with van der Waals surface area (Å²) < 4.78 is 5.23. The number of hydrogen-bond donors (Lipinski definition) is 1. The van der Waals surface area contributed by atoms with Crippen molar-refractivity contribution in [3.05, 3.63) is 63.6 Å². The molecule has 1 aromatic heterocycles. The lowest BCUT2D eigenvalue weighted by Crippen LogP contribution is -2.10. The maximum atomic E-state index is 11.5. The average molecular weight is 252 g/mol. The Labute approximate surface area is 110 Å². The molecule has 0 atom stereocenters. The number of benzene rings is 1. The molecule has 0 aliphatic carbocycles. The van der Waals surface area contributed by atoms with Gasteiger partial charge < -0.3 is 9.72 Å². The summed E-state index contributed by atoms with van der Waals surface area (Å²) in [4.78, 5) is 14.1. The first-order chi connectivity index (χ1) is 9.24. The number of hydrogen-bond acceptors (Lipinski definition) is 3. The summed E-state index contributed by atoms with van der Waals surface area (Å²) in [6.07, 6.45) is 3.61. The molecule has 0 fully saturated rings. The second-order valence-electron chi connectivity index (χ2n) is 3.84. The molecule has 1 heterocycles. The summed E-state index contributed by atoms with van der Waals surface area (Å²) in [6.45, 7) is 0. The maximum absolute atomic E-state index is 11.5. The van der Waals surface area contributed by atoms with Gasteiger partial charge in [-0.15, -0.1) is 0 Å². The Bertz CT molecular complexity index is 709. The van der Waals surface area contributed by atoms with E-state index in [1.807, 2.05) is 36.4 Å². The lowest BCUT2D eigenvalue weighted by atomic mass is 10.1. The summed E-state index contributed by atoms with van der Waals surface area (Å²) in [6, 6.07) is 12.6. The Hall–Kier alpha value is -2.80. The van der Waals surface area contributed by atoms with Gasteiger partial charge >= 0.3 is 0 Å². The van der Waals surface area contributed by atoms with Crippen LogP contribution >= 0.6 is 0 Å². The van der Waals surface area contributed by atoms with Crippen LogP contribution in [0, 0.1) is 11.3 Å². The van der Waals surface area contributed by atoms with Gasteiger partial charge in [-0.05, 0) is 30.4 Å². The number of nitriles is 1. The third kappa shape index (κ3) is 2.90. The van der Waals surface area contributed by atoms with Crippen molar-refractivity contribution in [1.82, 2.24) is 4.98 Å². The summed E-state index contributed by atoms with van der Waals surface area (Å²) in [5.74, 6) is 0.759. The normalized spacial score (nSPS) is 10.3. The molecule has 0 saturated heterocycles. The molecular formula is C15H12N2O2. The van der Waals surface area contributed by atoms with Crippen LogP contribution in [-0.4, -0.2) is 12.1 Å². The van der Waals surface area contributed by atoms with E-state index in [0.29, 0.717) is 5.69 Å². The Kier molecular flexibility index (Phi) is 3.79. The molecule has 0 radical (unpaired) electrons. The number of nitrogens with one attached hydrogen (secondary N) is 1. The number of para-hydroxylation sites is 1. The van der Waals surface area contributed by atoms with E-state index in [9.17, 15) is 4.79 Å². The van der Waals surface area contributed by atoms with Gasteiger partial charge in [0.15, 0.2) is 0 Å². The largest absolute Gasteiger partial charge is 0.496 e. The Balaban J connectivity index is 2.31. The van der Waals surface area contributed by atoms with Gasteiger partial charge in [0.1, 0.15) is 17.4 Å². The predicted octanol–water partition coefficient (Wildman–Crippen LogP) is 2.43. The minimum absolute atomic E-state index is 0.106. The van der Waals surface area contributed by atoms with Crippen LogP contribution in [0.15, 0.2) is 41.2 Å². The zero-order valence-corrected chi connectivity index (χ0v) is 10.4. The molecule has 0 aliphatic heterocycles. The first-order valence-electron chi connectivity index (χ1n) is 5.69. The van der Waals surface area contributed by atoms with Gasteiger partial charge in [0.25, 0.3) is 5.56 Å². The molecule has 0 unspecified atom stereocenters. The van der Waals surface area contributed by atoms with Gasteiger partial charge in [-0.25, -0.2) is 0 Å². The highest BCUT2D eigenvalue weighted by atomic mass is 16.5. The highest BCUT2D eigenvalue weighted by molar-refractivity contribution is 5.71. The van der Waals surface area contributed by atoms with E-state index in [1.165, 1.54) is 6.07 Å². The number of nitrogens with zero attached hydrogens (tertiary/aromatic N) is 1. The van der Waals surface area contributed by atoms with Crippen LogP contribution in [0.5, 0.6) is 5.75 Å². The van der Waals surface area contributed by atoms with Gasteiger partial charge in [0.05, 0.1) is 7.11 Å². The van der Waals surface area contributed by atoms with Crippen LogP contribution in [0.4, 0.5) is 0 Å². The number of methoxy groups -OCH3 is 1. The van der Waals surface area contributed by atoms with E-state index >= 15 is 0 Å². The van der Waals surface area contributed by atoms with E-state index < -0.39 is 0 Å². The molecule has 94 valence electrons. The van der Waals surface area contributed by atoms with Gasteiger partial charge in [-0.2, -0.15) is 5.26 Å². The fraction of sp³-hybridized carbons (Fsp3) is 0.0667. The molecule has 0 bridgehead atoms. The highest BCUT2D eigenvalue weighted by Crippen LogP contribution is 2.19. The zero-order valence-electron chi connectivity index (χ0n) is 10.4. The smallest absolute Gasteiger partial charge is 0.266 e. The summed E-state index contributed by atoms with van der Waals surface area (Å²) in [7, 11) is 1.61. The van der Waals surface area contributed by atoms with E-state index in [-0.39, 0.29) is 11.1 Å². The lowest BCUT2D eigenvalue weighted by molar-refractivity contribution is 0.414. The first-order valence-corrected chi connectivity index (χ1v) is 5.69. The molecule has 19 heavy (non-hydrogen) atoms. The van der Waals surface area contributed by atoms with Crippen LogP contribution in [0.1, 0.15) is 16.8 Å². The van der Waals surface area contributed by atoms with Crippen LogP contribution in [0.25, 0.3) is 12.2 Å². The molecule has 4 nitrogen and oxygen atoms in total. The van der Waals surface area contributed by atoms with E-state index in [0.717, 1.165) is 11.3 Å². The topological polar surface area (TPSA) is 65.9 Å². The Morgan fingerprint density at radius 2 is 2.00 bits per heavy atom. The number of aromatic nitrogens is 1. The van der Waals surface area contributed by atoms with Crippen molar-refractivity contribution < 1.29 is 4.74 Å². The van der Waals surface area contributed by atoms with Gasteiger partial charge in [-0.1, -0.05) is 18.2 Å². The number of rotatable bonds is 3. The number of pyridine rings is 1. The van der Waals surface area contributed by atoms with E-state index in [1.54, 1.807) is 19.3 Å². The molecule has 0 aliphatic rings. The van der Waals surface area contributed by atoms with Crippen molar-refractivity contribution in [1.29, 1.82) is 5.26 Å². The summed E-state index contributed by atoms with van der Waals surface area (Å²) >= 11 is 0. The van der Waals surface area contributed by atoms with Crippen LogP contribution in [-0.2, 0) is 0 Å². The third-order valence-electron chi connectivity index (χ3n) is 2.63. The standard InChI is InChI=1S/C15H12N2O2/c1-19-14-5-3-2-4-11(14)6-8-13-9-7-12(10-16)15(18)17-13/h2-9H,1H3,(H,17,18)/b8-6+.